The first-order valence-corrected chi connectivity index (χ1v) is 8.24. The molecule has 0 aliphatic heterocycles. The summed E-state index contributed by atoms with van der Waals surface area (Å²) in [5.41, 5.74) is 0.224. The Kier molecular flexibility index (Phi) is 4.46. The van der Waals surface area contributed by atoms with Crippen LogP contribution < -0.4 is 4.72 Å². The Morgan fingerprint density at radius 1 is 1.40 bits per heavy atom. The molecule has 20 heavy (non-hydrogen) atoms. The number of rotatable bonds is 4. The fourth-order valence-corrected chi connectivity index (χ4v) is 4.10. The van der Waals surface area contributed by atoms with Gasteiger partial charge in [-0.15, -0.1) is 0 Å². The van der Waals surface area contributed by atoms with E-state index < -0.39 is 22.4 Å². The van der Waals surface area contributed by atoms with Gasteiger partial charge in [0, 0.05) is 11.6 Å². The third-order valence-corrected chi connectivity index (χ3v) is 5.30. The van der Waals surface area contributed by atoms with Crippen LogP contribution >= 0.6 is 0 Å². The van der Waals surface area contributed by atoms with Crippen molar-refractivity contribution in [3.05, 3.63) is 29.1 Å². The molecule has 2 unspecified atom stereocenters. The summed E-state index contributed by atoms with van der Waals surface area (Å²) < 4.78 is 40.9. The zero-order valence-corrected chi connectivity index (χ0v) is 12.5. The zero-order chi connectivity index (χ0) is 14.9. The molecular weight excluding hydrogens is 281 g/mol. The van der Waals surface area contributed by atoms with Crippen LogP contribution in [0.25, 0.3) is 0 Å². The molecule has 0 radical (unpaired) electrons. The van der Waals surface area contributed by atoms with Gasteiger partial charge in [-0.3, -0.25) is 0 Å². The average molecular weight is 301 g/mol. The molecule has 2 atom stereocenters. The average Bonchev–Trinajstić information content (AvgIpc) is 2.77. The highest BCUT2D eigenvalue weighted by atomic mass is 32.2. The van der Waals surface area contributed by atoms with Crippen LogP contribution in [0.3, 0.4) is 0 Å². The van der Waals surface area contributed by atoms with Gasteiger partial charge >= 0.3 is 0 Å². The highest BCUT2D eigenvalue weighted by Crippen LogP contribution is 2.27. The third kappa shape index (κ3) is 3.19. The molecule has 1 saturated carbocycles. The first-order valence-electron chi connectivity index (χ1n) is 6.75. The monoisotopic (exact) mass is 301 g/mol. The lowest BCUT2D eigenvalue weighted by molar-refractivity contribution is 0.275. The summed E-state index contributed by atoms with van der Waals surface area (Å²) in [5.74, 6) is -0.0356. The number of halogens is 1. The van der Waals surface area contributed by atoms with E-state index >= 15 is 0 Å². The van der Waals surface area contributed by atoms with Crippen LogP contribution in [-0.2, 0) is 16.6 Å². The minimum Gasteiger partial charge on any atom is -0.392 e. The number of nitrogens with one attached hydrogen (secondary N) is 1. The molecule has 6 heteroatoms. The van der Waals surface area contributed by atoms with Gasteiger partial charge in [0.05, 0.1) is 11.5 Å². The quantitative estimate of drug-likeness (QED) is 0.895. The molecule has 1 fully saturated rings. The Balaban J connectivity index is 2.27. The third-order valence-electron chi connectivity index (χ3n) is 3.80. The van der Waals surface area contributed by atoms with Crippen LogP contribution in [0.15, 0.2) is 17.0 Å². The fraction of sp³-hybridized carbons (Fsp3) is 0.571. The summed E-state index contributed by atoms with van der Waals surface area (Å²) in [6.07, 6.45) is 2.66. The lowest BCUT2D eigenvalue weighted by Gasteiger charge is -2.14. The van der Waals surface area contributed by atoms with E-state index in [2.05, 4.69) is 11.6 Å². The van der Waals surface area contributed by atoms with Crippen molar-refractivity contribution < 1.29 is 17.9 Å². The number of aryl methyl sites for hydroxylation is 1. The molecule has 4 nitrogen and oxygen atoms in total. The second-order valence-electron chi connectivity index (χ2n) is 5.61. The van der Waals surface area contributed by atoms with Crippen molar-refractivity contribution in [3.8, 4) is 0 Å². The standard InChI is InChI=1S/C14H20FNO3S/c1-9-3-4-12(5-9)16-20(18,19)13-6-10(2)14(15)11(7-13)8-17/h6-7,9,12,16-17H,3-5,8H2,1-2H3. The molecule has 1 aliphatic carbocycles. The maximum absolute atomic E-state index is 13.7. The predicted octanol–water partition coefficient (Wildman–Crippen LogP) is 2.09. The van der Waals surface area contributed by atoms with Gasteiger partial charge in [0.25, 0.3) is 0 Å². The number of hydrogen-bond donors (Lipinski definition) is 2. The topological polar surface area (TPSA) is 66.4 Å². The molecule has 0 heterocycles. The van der Waals surface area contributed by atoms with Crippen molar-refractivity contribution in [2.24, 2.45) is 5.92 Å². The highest BCUT2D eigenvalue weighted by Gasteiger charge is 2.27. The highest BCUT2D eigenvalue weighted by molar-refractivity contribution is 7.89. The SMILES string of the molecule is Cc1cc(S(=O)(=O)NC2CCC(C)C2)cc(CO)c1F. The van der Waals surface area contributed by atoms with Gasteiger partial charge in [-0.1, -0.05) is 6.92 Å². The van der Waals surface area contributed by atoms with E-state index in [1.54, 1.807) is 0 Å². The normalized spacial score (nSPS) is 23.2. The Morgan fingerprint density at radius 2 is 2.10 bits per heavy atom. The Hall–Kier alpha value is -0.980. The molecule has 2 rings (SSSR count). The maximum atomic E-state index is 13.7. The van der Waals surface area contributed by atoms with Crippen LogP contribution in [0.2, 0.25) is 0 Å². The summed E-state index contributed by atoms with van der Waals surface area (Å²) in [7, 11) is -3.67. The summed E-state index contributed by atoms with van der Waals surface area (Å²) >= 11 is 0. The summed E-state index contributed by atoms with van der Waals surface area (Å²) in [6, 6.07) is 2.44. The van der Waals surface area contributed by atoms with Gasteiger partial charge in [0.15, 0.2) is 0 Å². The lowest BCUT2D eigenvalue weighted by Crippen LogP contribution is -2.33. The summed E-state index contributed by atoms with van der Waals surface area (Å²) in [6.45, 7) is 3.07. The minimum absolute atomic E-state index is 0.00478. The summed E-state index contributed by atoms with van der Waals surface area (Å²) in [4.78, 5) is 0.0139. The van der Waals surface area contributed by atoms with Gasteiger partial charge < -0.3 is 5.11 Å². The van der Waals surface area contributed by atoms with E-state index in [4.69, 9.17) is 5.11 Å². The van der Waals surface area contributed by atoms with Gasteiger partial charge in [-0.05, 0) is 49.8 Å². The molecule has 0 saturated heterocycles. The molecule has 2 N–H and O–H groups in total. The van der Waals surface area contributed by atoms with Gasteiger partial charge in [0.1, 0.15) is 5.82 Å². The van der Waals surface area contributed by atoms with E-state index in [1.165, 1.54) is 19.1 Å². The molecule has 0 aromatic heterocycles. The van der Waals surface area contributed by atoms with Gasteiger partial charge in [0.2, 0.25) is 10.0 Å². The Labute approximate surface area is 119 Å². The lowest BCUT2D eigenvalue weighted by atomic mass is 10.1. The summed E-state index contributed by atoms with van der Waals surface area (Å²) in [5, 5.41) is 9.10. The van der Waals surface area contributed by atoms with Crippen molar-refractivity contribution in [1.82, 2.24) is 4.72 Å². The van der Waals surface area contributed by atoms with E-state index in [1.807, 2.05) is 0 Å². The van der Waals surface area contributed by atoms with E-state index in [0.29, 0.717) is 5.92 Å². The van der Waals surface area contributed by atoms with Crippen LogP contribution in [0, 0.1) is 18.7 Å². The minimum atomic E-state index is -3.67. The number of benzene rings is 1. The van der Waals surface area contributed by atoms with Crippen molar-refractivity contribution >= 4 is 10.0 Å². The largest absolute Gasteiger partial charge is 0.392 e. The van der Waals surface area contributed by atoms with Crippen molar-refractivity contribution in [1.29, 1.82) is 0 Å². The molecule has 112 valence electrons. The van der Waals surface area contributed by atoms with Crippen LogP contribution in [0.5, 0.6) is 0 Å². The Bertz CT molecular complexity index is 601. The van der Waals surface area contributed by atoms with Crippen molar-refractivity contribution in [2.45, 2.75) is 50.7 Å². The molecular formula is C14H20FNO3S. The van der Waals surface area contributed by atoms with Crippen LogP contribution in [0.4, 0.5) is 4.39 Å². The van der Waals surface area contributed by atoms with Crippen molar-refractivity contribution in [2.75, 3.05) is 0 Å². The van der Waals surface area contributed by atoms with Gasteiger partial charge in [-0.25, -0.2) is 17.5 Å². The van der Waals surface area contributed by atoms with E-state index in [9.17, 15) is 12.8 Å². The zero-order valence-electron chi connectivity index (χ0n) is 11.7. The second kappa shape index (κ2) is 5.79. The molecule has 1 aromatic rings. The number of aliphatic hydroxyl groups is 1. The smallest absolute Gasteiger partial charge is 0.240 e. The van der Waals surface area contributed by atoms with Crippen LogP contribution in [0.1, 0.15) is 37.3 Å². The molecule has 1 aromatic carbocycles. The first-order chi connectivity index (χ1) is 9.33. The first kappa shape index (κ1) is 15.4. The molecule has 0 amide bonds. The number of sulfonamides is 1. The number of hydrogen-bond acceptors (Lipinski definition) is 3. The maximum Gasteiger partial charge on any atom is 0.240 e. The van der Waals surface area contributed by atoms with Crippen molar-refractivity contribution in [3.63, 3.8) is 0 Å². The van der Waals surface area contributed by atoms with E-state index in [-0.39, 0.29) is 22.1 Å². The Morgan fingerprint density at radius 3 is 2.65 bits per heavy atom. The predicted molar refractivity (Wildman–Crippen MR) is 74.2 cm³/mol. The second-order valence-corrected chi connectivity index (χ2v) is 7.32. The van der Waals surface area contributed by atoms with Crippen LogP contribution in [-0.4, -0.2) is 19.6 Å². The fourth-order valence-electron chi connectivity index (χ4n) is 2.68. The number of aliphatic hydroxyl groups excluding tert-OH is 1. The molecule has 0 bridgehead atoms. The van der Waals surface area contributed by atoms with E-state index in [0.717, 1.165) is 19.3 Å². The van der Waals surface area contributed by atoms with Gasteiger partial charge in [-0.2, -0.15) is 0 Å². The molecule has 0 spiro atoms. The molecule has 1 aliphatic rings.